The Labute approximate surface area is 166 Å². The Bertz CT molecular complexity index is 704. The van der Waals surface area contributed by atoms with Gasteiger partial charge in [0.2, 0.25) is 0 Å². The average Bonchev–Trinajstić information content (AvgIpc) is 2.66. The Morgan fingerprint density at radius 1 is 0.929 bits per heavy atom. The molecular weight excluding hydrogens is 360 g/mol. The van der Waals surface area contributed by atoms with Gasteiger partial charge in [-0.15, -0.1) is 0 Å². The van der Waals surface area contributed by atoms with Crippen LogP contribution in [0.2, 0.25) is 0 Å². The van der Waals surface area contributed by atoms with Gasteiger partial charge in [-0.25, -0.2) is 19.6 Å². The molecule has 1 aromatic rings. The standard InChI is InChI=1S/C19H30N6O3/c1-15-20-6-5-16(21-15)22-7-9-23(10-8-22)17(26)24-11-13-25(14-12-24)18(27)28-19(2,3)4/h5-6H,7-14H2,1-4H3. The minimum Gasteiger partial charge on any atom is -0.444 e. The highest BCUT2D eigenvalue weighted by Gasteiger charge is 2.31. The SMILES string of the molecule is Cc1nccc(N2CCN(C(=O)N3CCN(C(=O)OC(C)(C)C)CC3)CC2)n1. The van der Waals surface area contributed by atoms with Crippen molar-refractivity contribution >= 4 is 17.9 Å². The first-order valence-electron chi connectivity index (χ1n) is 9.79. The first-order valence-corrected chi connectivity index (χ1v) is 9.79. The molecule has 0 N–H and O–H groups in total. The fraction of sp³-hybridized carbons (Fsp3) is 0.684. The predicted molar refractivity (Wildman–Crippen MR) is 105 cm³/mol. The van der Waals surface area contributed by atoms with Crippen molar-refractivity contribution in [2.45, 2.75) is 33.3 Å². The Kier molecular flexibility index (Phi) is 5.90. The van der Waals surface area contributed by atoms with Gasteiger partial charge in [0.1, 0.15) is 17.2 Å². The van der Waals surface area contributed by atoms with Crippen LogP contribution >= 0.6 is 0 Å². The minimum absolute atomic E-state index is 0.0438. The number of nitrogens with zero attached hydrogens (tertiary/aromatic N) is 6. The monoisotopic (exact) mass is 390 g/mol. The maximum atomic E-state index is 12.8. The van der Waals surface area contributed by atoms with Gasteiger partial charge in [0, 0.05) is 58.6 Å². The topological polar surface area (TPSA) is 82.1 Å². The third-order valence-electron chi connectivity index (χ3n) is 4.84. The largest absolute Gasteiger partial charge is 0.444 e. The van der Waals surface area contributed by atoms with Gasteiger partial charge >= 0.3 is 12.1 Å². The molecule has 0 aliphatic carbocycles. The second-order valence-corrected chi connectivity index (χ2v) is 8.17. The van der Waals surface area contributed by atoms with E-state index >= 15 is 0 Å². The van der Waals surface area contributed by atoms with Crippen LogP contribution in [0.15, 0.2) is 12.3 Å². The molecular formula is C19H30N6O3. The number of anilines is 1. The summed E-state index contributed by atoms with van der Waals surface area (Å²) in [5.74, 6) is 1.66. The molecule has 2 fully saturated rings. The molecule has 2 saturated heterocycles. The lowest BCUT2D eigenvalue weighted by Crippen LogP contribution is -2.57. The van der Waals surface area contributed by atoms with E-state index in [1.165, 1.54) is 0 Å². The average molecular weight is 390 g/mol. The Hall–Kier alpha value is -2.58. The van der Waals surface area contributed by atoms with Crippen molar-refractivity contribution in [2.24, 2.45) is 0 Å². The lowest BCUT2D eigenvalue weighted by atomic mass is 10.2. The fourth-order valence-corrected chi connectivity index (χ4v) is 3.35. The van der Waals surface area contributed by atoms with E-state index < -0.39 is 5.60 Å². The summed E-state index contributed by atoms with van der Waals surface area (Å²) >= 11 is 0. The number of aromatic nitrogens is 2. The third kappa shape index (κ3) is 5.02. The molecule has 3 rings (SSSR count). The Morgan fingerprint density at radius 3 is 2.00 bits per heavy atom. The zero-order chi connectivity index (χ0) is 20.3. The second kappa shape index (κ2) is 8.20. The van der Waals surface area contributed by atoms with Crippen molar-refractivity contribution in [3.05, 3.63) is 18.1 Å². The molecule has 0 aromatic carbocycles. The first-order chi connectivity index (χ1) is 13.2. The zero-order valence-corrected chi connectivity index (χ0v) is 17.2. The molecule has 154 valence electrons. The Balaban J connectivity index is 1.47. The summed E-state index contributed by atoms with van der Waals surface area (Å²) in [6, 6.07) is 1.95. The smallest absolute Gasteiger partial charge is 0.410 e. The third-order valence-corrected chi connectivity index (χ3v) is 4.84. The predicted octanol–water partition coefficient (Wildman–Crippen LogP) is 1.58. The van der Waals surface area contributed by atoms with Crippen LogP contribution in [0, 0.1) is 6.92 Å². The molecule has 3 heterocycles. The molecule has 0 saturated carbocycles. The summed E-state index contributed by atoms with van der Waals surface area (Å²) in [5, 5.41) is 0. The highest BCUT2D eigenvalue weighted by atomic mass is 16.6. The number of piperazine rings is 2. The summed E-state index contributed by atoms with van der Waals surface area (Å²) in [5.41, 5.74) is -0.508. The van der Waals surface area contributed by atoms with E-state index in [4.69, 9.17) is 4.74 Å². The van der Waals surface area contributed by atoms with Crippen LogP contribution in [-0.2, 0) is 4.74 Å². The van der Waals surface area contributed by atoms with Crippen molar-refractivity contribution in [1.82, 2.24) is 24.7 Å². The van der Waals surface area contributed by atoms with Crippen molar-refractivity contribution in [3.8, 4) is 0 Å². The van der Waals surface area contributed by atoms with Gasteiger partial charge in [0.15, 0.2) is 0 Å². The van der Waals surface area contributed by atoms with Gasteiger partial charge in [-0.1, -0.05) is 0 Å². The molecule has 0 spiro atoms. The minimum atomic E-state index is -0.508. The summed E-state index contributed by atoms with van der Waals surface area (Å²) < 4.78 is 5.41. The molecule has 9 nitrogen and oxygen atoms in total. The van der Waals surface area contributed by atoms with Crippen molar-refractivity contribution in [3.63, 3.8) is 0 Å². The summed E-state index contributed by atoms with van der Waals surface area (Å²) in [4.78, 5) is 41.1. The zero-order valence-electron chi connectivity index (χ0n) is 17.2. The molecule has 3 amide bonds. The van der Waals surface area contributed by atoms with E-state index in [1.807, 2.05) is 43.6 Å². The van der Waals surface area contributed by atoms with Gasteiger partial charge in [-0.3, -0.25) is 0 Å². The number of urea groups is 1. The first kappa shape index (κ1) is 20.2. The number of carbonyl (C=O) groups is 2. The van der Waals surface area contributed by atoms with Crippen LogP contribution in [-0.4, -0.2) is 94.8 Å². The van der Waals surface area contributed by atoms with Crippen LogP contribution in [0.5, 0.6) is 0 Å². The highest BCUT2D eigenvalue weighted by Crippen LogP contribution is 2.16. The Morgan fingerprint density at radius 2 is 1.46 bits per heavy atom. The molecule has 2 aliphatic heterocycles. The maximum Gasteiger partial charge on any atom is 0.410 e. The molecule has 28 heavy (non-hydrogen) atoms. The molecule has 9 heteroatoms. The number of hydrogen-bond acceptors (Lipinski definition) is 6. The van der Waals surface area contributed by atoms with Crippen molar-refractivity contribution < 1.29 is 14.3 Å². The quantitative estimate of drug-likeness (QED) is 0.724. The van der Waals surface area contributed by atoms with Crippen LogP contribution in [0.25, 0.3) is 0 Å². The number of rotatable bonds is 1. The number of amides is 3. The van der Waals surface area contributed by atoms with E-state index in [0.29, 0.717) is 39.3 Å². The van der Waals surface area contributed by atoms with Crippen LogP contribution in [0.3, 0.4) is 0 Å². The molecule has 1 aromatic heterocycles. The lowest BCUT2D eigenvalue weighted by Gasteiger charge is -2.41. The summed E-state index contributed by atoms with van der Waals surface area (Å²) in [7, 11) is 0. The van der Waals surface area contributed by atoms with Crippen molar-refractivity contribution in [2.75, 3.05) is 57.3 Å². The number of ether oxygens (including phenoxy) is 1. The fourth-order valence-electron chi connectivity index (χ4n) is 3.35. The second-order valence-electron chi connectivity index (χ2n) is 8.17. The van der Waals surface area contributed by atoms with Crippen LogP contribution < -0.4 is 4.90 Å². The molecule has 0 bridgehead atoms. The van der Waals surface area contributed by atoms with Crippen LogP contribution in [0.1, 0.15) is 26.6 Å². The van der Waals surface area contributed by atoms with Gasteiger partial charge in [-0.05, 0) is 33.8 Å². The summed E-state index contributed by atoms with van der Waals surface area (Å²) in [6.07, 6.45) is 1.45. The van der Waals surface area contributed by atoms with E-state index in [1.54, 1.807) is 11.1 Å². The molecule has 0 atom stereocenters. The van der Waals surface area contributed by atoms with Gasteiger partial charge in [0.25, 0.3) is 0 Å². The molecule has 0 unspecified atom stereocenters. The number of aryl methyl sites for hydroxylation is 1. The summed E-state index contributed by atoms with van der Waals surface area (Å²) in [6.45, 7) is 12.3. The van der Waals surface area contributed by atoms with E-state index in [9.17, 15) is 9.59 Å². The van der Waals surface area contributed by atoms with Gasteiger partial charge < -0.3 is 24.3 Å². The van der Waals surface area contributed by atoms with Crippen LogP contribution in [0.4, 0.5) is 15.4 Å². The lowest BCUT2D eigenvalue weighted by molar-refractivity contribution is 0.0157. The van der Waals surface area contributed by atoms with Gasteiger partial charge in [-0.2, -0.15) is 0 Å². The highest BCUT2D eigenvalue weighted by molar-refractivity contribution is 5.75. The maximum absolute atomic E-state index is 12.8. The molecule has 2 aliphatic rings. The van der Waals surface area contributed by atoms with E-state index in [0.717, 1.165) is 24.7 Å². The van der Waals surface area contributed by atoms with E-state index in [2.05, 4.69) is 14.9 Å². The molecule has 0 radical (unpaired) electrons. The van der Waals surface area contributed by atoms with E-state index in [-0.39, 0.29) is 12.1 Å². The number of carbonyl (C=O) groups excluding carboxylic acids is 2. The van der Waals surface area contributed by atoms with Gasteiger partial charge in [0.05, 0.1) is 0 Å². The van der Waals surface area contributed by atoms with Crippen molar-refractivity contribution in [1.29, 1.82) is 0 Å². The normalized spacial score (nSPS) is 18.3. The number of hydrogen-bond donors (Lipinski definition) is 0.